The zero-order chi connectivity index (χ0) is 17.9. The molecule has 1 aliphatic rings. The molecule has 0 radical (unpaired) electrons. The SMILES string of the molecule is CC(Nc1cccc(Cl)c1F)C1CCN(C(=O)OC(C)(C)C)CC1. The average molecular weight is 357 g/mol. The van der Waals surface area contributed by atoms with Crippen LogP contribution in [-0.2, 0) is 4.74 Å². The number of hydrogen-bond donors (Lipinski definition) is 1. The second kappa shape index (κ2) is 7.60. The van der Waals surface area contributed by atoms with Gasteiger partial charge in [-0.2, -0.15) is 0 Å². The highest BCUT2D eigenvalue weighted by Gasteiger charge is 2.29. The number of anilines is 1. The summed E-state index contributed by atoms with van der Waals surface area (Å²) in [6.07, 6.45) is 1.45. The number of rotatable bonds is 3. The summed E-state index contributed by atoms with van der Waals surface area (Å²) in [5, 5.41) is 3.33. The zero-order valence-electron chi connectivity index (χ0n) is 14.7. The molecule has 0 spiro atoms. The minimum absolute atomic E-state index is 0.0961. The second-order valence-electron chi connectivity index (χ2n) is 7.34. The largest absolute Gasteiger partial charge is 0.444 e. The van der Waals surface area contributed by atoms with Crippen LogP contribution < -0.4 is 5.32 Å². The summed E-state index contributed by atoms with van der Waals surface area (Å²) in [5.74, 6) is -0.0562. The van der Waals surface area contributed by atoms with Crippen LogP contribution in [0.15, 0.2) is 18.2 Å². The van der Waals surface area contributed by atoms with Crippen LogP contribution in [0.25, 0.3) is 0 Å². The fraction of sp³-hybridized carbons (Fsp3) is 0.611. The van der Waals surface area contributed by atoms with Crippen molar-refractivity contribution in [1.82, 2.24) is 4.90 Å². The van der Waals surface area contributed by atoms with Gasteiger partial charge in [0.15, 0.2) is 5.82 Å². The molecule has 2 rings (SSSR count). The Hall–Kier alpha value is -1.49. The Morgan fingerprint density at radius 3 is 2.58 bits per heavy atom. The van der Waals surface area contributed by atoms with Gasteiger partial charge in [0.25, 0.3) is 0 Å². The van der Waals surface area contributed by atoms with E-state index < -0.39 is 11.4 Å². The summed E-state index contributed by atoms with van der Waals surface area (Å²) in [7, 11) is 0. The summed E-state index contributed by atoms with van der Waals surface area (Å²) >= 11 is 5.82. The Bertz CT molecular complexity index is 581. The molecule has 24 heavy (non-hydrogen) atoms. The molecule has 0 saturated carbocycles. The summed E-state index contributed by atoms with van der Waals surface area (Å²) in [6.45, 7) is 8.94. The number of nitrogens with one attached hydrogen (secondary N) is 1. The Labute approximate surface area is 148 Å². The van der Waals surface area contributed by atoms with Crippen molar-refractivity contribution in [3.8, 4) is 0 Å². The van der Waals surface area contributed by atoms with Crippen molar-refractivity contribution in [3.05, 3.63) is 29.0 Å². The lowest BCUT2D eigenvalue weighted by molar-refractivity contribution is 0.0179. The van der Waals surface area contributed by atoms with Crippen LogP contribution in [0.3, 0.4) is 0 Å². The summed E-state index contributed by atoms with van der Waals surface area (Å²) in [5.41, 5.74) is -0.0584. The van der Waals surface area contributed by atoms with E-state index >= 15 is 0 Å². The molecular weight excluding hydrogens is 331 g/mol. The number of benzene rings is 1. The molecule has 1 unspecified atom stereocenters. The highest BCUT2D eigenvalue weighted by Crippen LogP contribution is 2.27. The first kappa shape index (κ1) is 18.8. The monoisotopic (exact) mass is 356 g/mol. The second-order valence-corrected chi connectivity index (χ2v) is 7.75. The quantitative estimate of drug-likeness (QED) is 0.835. The highest BCUT2D eigenvalue weighted by atomic mass is 35.5. The molecule has 1 aromatic carbocycles. The number of carbonyl (C=O) groups is 1. The molecule has 0 bridgehead atoms. The number of piperidine rings is 1. The number of amides is 1. The van der Waals surface area contributed by atoms with Crippen molar-refractivity contribution in [3.63, 3.8) is 0 Å². The van der Waals surface area contributed by atoms with Crippen LogP contribution in [0.2, 0.25) is 5.02 Å². The van der Waals surface area contributed by atoms with Crippen LogP contribution in [-0.4, -0.2) is 35.7 Å². The fourth-order valence-electron chi connectivity index (χ4n) is 2.89. The minimum atomic E-state index is -0.479. The van der Waals surface area contributed by atoms with E-state index in [1.54, 1.807) is 17.0 Å². The average Bonchev–Trinajstić information content (AvgIpc) is 2.50. The lowest BCUT2D eigenvalue weighted by Crippen LogP contribution is -2.44. The molecule has 1 aliphatic heterocycles. The fourth-order valence-corrected chi connectivity index (χ4v) is 3.06. The molecule has 6 heteroatoms. The van der Waals surface area contributed by atoms with E-state index in [1.165, 1.54) is 6.07 Å². The molecule has 1 heterocycles. The standard InChI is InChI=1S/C18H26ClFN2O2/c1-12(21-15-7-5-6-14(19)16(15)20)13-8-10-22(11-9-13)17(23)24-18(2,3)4/h5-7,12-13,21H,8-11H2,1-4H3. The third-order valence-corrected chi connectivity index (χ3v) is 4.53. The van der Waals surface area contributed by atoms with E-state index in [2.05, 4.69) is 5.32 Å². The smallest absolute Gasteiger partial charge is 0.410 e. The van der Waals surface area contributed by atoms with Gasteiger partial charge in [0, 0.05) is 19.1 Å². The molecule has 1 aromatic rings. The summed E-state index contributed by atoms with van der Waals surface area (Å²) < 4.78 is 19.4. The first-order valence-electron chi connectivity index (χ1n) is 8.36. The van der Waals surface area contributed by atoms with Gasteiger partial charge >= 0.3 is 6.09 Å². The van der Waals surface area contributed by atoms with Gasteiger partial charge in [-0.15, -0.1) is 0 Å². The molecular formula is C18H26ClFN2O2. The number of carbonyl (C=O) groups excluding carboxylic acids is 1. The Morgan fingerprint density at radius 1 is 1.38 bits per heavy atom. The van der Waals surface area contributed by atoms with Crippen LogP contribution in [0.1, 0.15) is 40.5 Å². The summed E-state index contributed by atoms with van der Waals surface area (Å²) in [4.78, 5) is 13.8. The van der Waals surface area contributed by atoms with Crippen molar-refractivity contribution in [2.75, 3.05) is 18.4 Å². The topological polar surface area (TPSA) is 41.6 Å². The first-order valence-corrected chi connectivity index (χ1v) is 8.73. The van der Waals surface area contributed by atoms with Gasteiger partial charge in [0.05, 0.1) is 10.7 Å². The maximum absolute atomic E-state index is 14.0. The van der Waals surface area contributed by atoms with Gasteiger partial charge in [-0.25, -0.2) is 9.18 Å². The maximum Gasteiger partial charge on any atom is 0.410 e. The molecule has 1 saturated heterocycles. The number of hydrogen-bond acceptors (Lipinski definition) is 3. The van der Waals surface area contributed by atoms with E-state index in [4.69, 9.17) is 16.3 Å². The molecule has 0 aliphatic carbocycles. The van der Waals surface area contributed by atoms with Crippen LogP contribution >= 0.6 is 11.6 Å². The molecule has 4 nitrogen and oxygen atoms in total. The zero-order valence-corrected chi connectivity index (χ0v) is 15.5. The molecule has 0 aromatic heterocycles. The lowest BCUT2D eigenvalue weighted by Gasteiger charge is -2.36. The first-order chi connectivity index (χ1) is 11.2. The van der Waals surface area contributed by atoms with Crippen LogP contribution in [0.5, 0.6) is 0 Å². The van der Waals surface area contributed by atoms with Crippen molar-refractivity contribution in [1.29, 1.82) is 0 Å². The molecule has 1 atom stereocenters. The lowest BCUT2D eigenvalue weighted by atomic mass is 9.90. The third-order valence-electron chi connectivity index (χ3n) is 4.23. The Morgan fingerprint density at radius 2 is 2.00 bits per heavy atom. The van der Waals surface area contributed by atoms with Gasteiger partial charge in [0.2, 0.25) is 0 Å². The van der Waals surface area contributed by atoms with E-state index in [1.807, 2.05) is 27.7 Å². The third kappa shape index (κ3) is 5.00. The Balaban J connectivity index is 1.87. The van der Waals surface area contributed by atoms with Gasteiger partial charge in [-0.05, 0) is 58.6 Å². The van der Waals surface area contributed by atoms with Gasteiger partial charge in [-0.1, -0.05) is 17.7 Å². The number of likely N-dealkylation sites (tertiary alicyclic amines) is 1. The van der Waals surface area contributed by atoms with Crippen LogP contribution in [0, 0.1) is 11.7 Å². The van der Waals surface area contributed by atoms with Gasteiger partial charge < -0.3 is 15.0 Å². The molecule has 134 valence electrons. The maximum atomic E-state index is 14.0. The number of halogens is 2. The van der Waals surface area contributed by atoms with Crippen molar-refractivity contribution < 1.29 is 13.9 Å². The minimum Gasteiger partial charge on any atom is -0.444 e. The van der Waals surface area contributed by atoms with Crippen LogP contribution in [0.4, 0.5) is 14.9 Å². The van der Waals surface area contributed by atoms with Crippen molar-refractivity contribution >= 4 is 23.4 Å². The molecule has 1 N–H and O–H groups in total. The van der Waals surface area contributed by atoms with E-state index in [0.717, 1.165) is 12.8 Å². The van der Waals surface area contributed by atoms with E-state index in [-0.39, 0.29) is 17.2 Å². The molecule has 1 amide bonds. The van der Waals surface area contributed by atoms with Crippen molar-refractivity contribution in [2.45, 2.75) is 52.2 Å². The predicted molar refractivity (Wildman–Crippen MR) is 95.0 cm³/mol. The van der Waals surface area contributed by atoms with E-state index in [9.17, 15) is 9.18 Å². The normalized spacial score (nSPS) is 17.5. The van der Waals surface area contributed by atoms with E-state index in [0.29, 0.717) is 24.7 Å². The number of nitrogens with zero attached hydrogens (tertiary/aromatic N) is 1. The van der Waals surface area contributed by atoms with Gasteiger partial charge in [-0.3, -0.25) is 0 Å². The Kier molecular flexibility index (Phi) is 5.97. The predicted octanol–water partition coefficient (Wildman–Crippen LogP) is 4.93. The number of ether oxygens (including phenoxy) is 1. The molecule has 1 fully saturated rings. The van der Waals surface area contributed by atoms with Gasteiger partial charge in [0.1, 0.15) is 5.60 Å². The van der Waals surface area contributed by atoms with Crippen molar-refractivity contribution in [2.24, 2.45) is 5.92 Å². The summed E-state index contributed by atoms with van der Waals surface area (Å²) in [6, 6.07) is 5.05. The highest BCUT2D eigenvalue weighted by molar-refractivity contribution is 6.31.